The van der Waals surface area contributed by atoms with Crippen LogP contribution in [0.25, 0.3) is 50.5 Å². The summed E-state index contributed by atoms with van der Waals surface area (Å²) in [4.78, 5) is 8.92. The Morgan fingerprint density at radius 3 is 1.77 bits per heavy atom. The zero-order chi connectivity index (χ0) is 35.3. The van der Waals surface area contributed by atoms with E-state index in [2.05, 4.69) is 160 Å². The van der Waals surface area contributed by atoms with Crippen molar-refractivity contribution in [1.82, 2.24) is 9.55 Å². The van der Waals surface area contributed by atoms with E-state index in [1.807, 2.05) is 42.6 Å². The summed E-state index contributed by atoms with van der Waals surface area (Å²) < 4.78 is 15.8. The monoisotopic (exact) mass is 866 g/mol. The summed E-state index contributed by atoms with van der Waals surface area (Å²) in [5.41, 5.74) is 11.9. The van der Waals surface area contributed by atoms with Crippen LogP contribution < -0.4 is 9.80 Å². The normalized spacial score (nSPS) is 11.7. The van der Waals surface area contributed by atoms with E-state index in [0.29, 0.717) is 5.82 Å². The molecule has 8 aromatic rings. The maximum absolute atomic E-state index is 13.7. The van der Waals surface area contributed by atoms with Crippen molar-refractivity contribution in [2.75, 3.05) is 16.8 Å². The first-order valence-corrected chi connectivity index (χ1v) is 17.1. The fourth-order valence-corrected chi connectivity index (χ4v) is 6.58. The SMILES string of the molecule is CN1[CH-]N(c2[c-]cccc2)c2ccccc21.Fc1c[c-]c(-c2nccn2-c2c(-c3ccccc3)cc(-c3ccccc3)cc2-c2ccccc2)cc1.[Ir+3]. The van der Waals surface area contributed by atoms with Crippen LogP contribution in [0.15, 0.2) is 182 Å². The molecule has 2 heterocycles. The van der Waals surface area contributed by atoms with E-state index >= 15 is 0 Å². The van der Waals surface area contributed by atoms with Gasteiger partial charge < -0.3 is 14.4 Å². The molecule has 1 aromatic heterocycles. The number of rotatable bonds is 6. The van der Waals surface area contributed by atoms with Gasteiger partial charge in [-0.25, -0.2) is 0 Å². The molecule has 0 aliphatic carbocycles. The van der Waals surface area contributed by atoms with Gasteiger partial charge in [-0.05, 0) is 53.6 Å². The van der Waals surface area contributed by atoms with E-state index in [4.69, 9.17) is 0 Å². The number of fused-ring (bicyclic) bond motifs is 1. The number of imidazole rings is 1. The Balaban J connectivity index is 0.000000214. The van der Waals surface area contributed by atoms with Crippen LogP contribution in [0.1, 0.15) is 0 Å². The van der Waals surface area contributed by atoms with Crippen molar-refractivity contribution in [2.24, 2.45) is 0 Å². The number of nitrogens with zero attached hydrogens (tertiary/aromatic N) is 4. The summed E-state index contributed by atoms with van der Waals surface area (Å²) in [5, 5.41) is 0. The second kappa shape index (κ2) is 16.1. The zero-order valence-corrected chi connectivity index (χ0v) is 31.3. The maximum Gasteiger partial charge on any atom is 3.00 e. The van der Waals surface area contributed by atoms with Gasteiger partial charge in [-0.3, -0.25) is 9.37 Å². The van der Waals surface area contributed by atoms with Gasteiger partial charge in [0, 0.05) is 40.7 Å². The van der Waals surface area contributed by atoms with Crippen LogP contribution in [0, 0.1) is 24.6 Å². The molecular weight excluding hydrogens is 832 g/mol. The van der Waals surface area contributed by atoms with Crippen molar-refractivity contribution in [1.29, 1.82) is 0 Å². The van der Waals surface area contributed by atoms with Crippen LogP contribution in [-0.4, -0.2) is 16.6 Å². The molecule has 4 nitrogen and oxygen atoms in total. The van der Waals surface area contributed by atoms with Gasteiger partial charge in [-0.15, -0.1) is 35.5 Å². The molecule has 1 aliphatic heterocycles. The fraction of sp³-hybridized carbons (Fsp3) is 0.0213. The van der Waals surface area contributed by atoms with Gasteiger partial charge in [0.2, 0.25) is 0 Å². The molecule has 0 unspecified atom stereocenters. The average molecular weight is 866 g/mol. The fourth-order valence-electron chi connectivity index (χ4n) is 6.58. The molecule has 7 aromatic carbocycles. The summed E-state index contributed by atoms with van der Waals surface area (Å²) in [6.07, 6.45) is 3.74. The van der Waals surface area contributed by atoms with Gasteiger partial charge in [0.1, 0.15) is 0 Å². The average Bonchev–Trinajstić information content (AvgIpc) is 3.84. The van der Waals surface area contributed by atoms with Crippen molar-refractivity contribution in [3.8, 4) is 50.5 Å². The van der Waals surface area contributed by atoms with Crippen LogP contribution in [-0.2, 0) is 20.1 Å². The van der Waals surface area contributed by atoms with Crippen molar-refractivity contribution in [3.63, 3.8) is 0 Å². The van der Waals surface area contributed by atoms with E-state index in [0.717, 1.165) is 50.3 Å². The number of anilines is 3. The number of aromatic nitrogens is 2. The molecule has 0 bridgehead atoms. The maximum atomic E-state index is 13.7. The molecule has 0 saturated carbocycles. The van der Waals surface area contributed by atoms with Crippen LogP contribution in [0.3, 0.4) is 0 Å². The summed E-state index contributed by atoms with van der Waals surface area (Å²) >= 11 is 0. The van der Waals surface area contributed by atoms with Crippen molar-refractivity contribution in [3.05, 3.63) is 207 Å². The van der Waals surface area contributed by atoms with Crippen LogP contribution in [0.5, 0.6) is 0 Å². The Morgan fingerprint density at radius 1 is 0.604 bits per heavy atom. The van der Waals surface area contributed by atoms with E-state index < -0.39 is 0 Å². The molecule has 0 fully saturated rings. The number of hydrogen-bond donors (Lipinski definition) is 0. The minimum atomic E-state index is -0.320. The predicted molar refractivity (Wildman–Crippen MR) is 211 cm³/mol. The molecule has 0 saturated heterocycles. The molecule has 53 heavy (non-hydrogen) atoms. The van der Waals surface area contributed by atoms with Gasteiger partial charge in [0.15, 0.2) is 0 Å². The molecule has 0 radical (unpaired) electrons. The van der Waals surface area contributed by atoms with Gasteiger partial charge >= 0.3 is 20.1 Å². The van der Waals surface area contributed by atoms with Crippen molar-refractivity contribution < 1.29 is 24.5 Å². The van der Waals surface area contributed by atoms with Gasteiger partial charge in [-0.1, -0.05) is 103 Å². The molecule has 6 heteroatoms. The number of benzene rings is 7. The minimum absolute atomic E-state index is 0. The number of halogens is 1. The first kappa shape index (κ1) is 35.3. The van der Waals surface area contributed by atoms with Crippen LogP contribution in [0.4, 0.5) is 21.5 Å². The largest absolute Gasteiger partial charge is 3.00 e. The first-order chi connectivity index (χ1) is 25.6. The third-order valence-electron chi connectivity index (χ3n) is 9.05. The zero-order valence-electron chi connectivity index (χ0n) is 28.9. The summed E-state index contributed by atoms with van der Waals surface area (Å²) in [5.74, 6) is 0.385. The molecule has 0 atom stereocenters. The van der Waals surface area contributed by atoms with E-state index in [-0.39, 0.29) is 25.9 Å². The Kier molecular flexibility index (Phi) is 10.7. The summed E-state index contributed by atoms with van der Waals surface area (Å²) in [6, 6.07) is 62.8. The number of hydrogen-bond acceptors (Lipinski definition) is 3. The summed E-state index contributed by atoms with van der Waals surface area (Å²) in [7, 11) is 2.06. The standard InChI is InChI=1S/C33H22FN2.C14H12N2.Ir/c34-29-18-16-27(17-19-29)33-35-20-21-36(33)32-30(25-12-6-2-7-13-25)22-28(24-10-4-1-5-11-24)23-31(32)26-14-8-3-9-15-26;1-15-11-16(12-7-3-2-4-8-12)14-10-6-5-9-13(14)15;/h1-16,18-23H;2-7,9-11H,1H3;/q-1;-2;+3. The quantitative estimate of drug-likeness (QED) is 0.156. The molecule has 0 N–H and O–H groups in total. The van der Waals surface area contributed by atoms with E-state index in [1.165, 1.54) is 23.5 Å². The van der Waals surface area contributed by atoms with Crippen LogP contribution in [0.2, 0.25) is 0 Å². The molecule has 0 spiro atoms. The Bertz CT molecular complexity index is 2340. The smallest absolute Gasteiger partial charge is 0.504 e. The van der Waals surface area contributed by atoms with Crippen LogP contribution >= 0.6 is 0 Å². The van der Waals surface area contributed by atoms with E-state index in [9.17, 15) is 4.39 Å². The second-order valence-electron chi connectivity index (χ2n) is 12.4. The van der Waals surface area contributed by atoms with E-state index in [1.54, 1.807) is 12.3 Å². The molecular formula is C47H34FIrN4. The Hall–Kier alpha value is -6.07. The number of para-hydroxylation sites is 3. The van der Waals surface area contributed by atoms with Gasteiger partial charge in [0.25, 0.3) is 0 Å². The molecule has 258 valence electrons. The minimum Gasteiger partial charge on any atom is -0.504 e. The summed E-state index contributed by atoms with van der Waals surface area (Å²) in [6.45, 7) is 2.08. The van der Waals surface area contributed by atoms with Gasteiger partial charge in [-0.2, -0.15) is 37.0 Å². The molecule has 0 amide bonds. The topological polar surface area (TPSA) is 24.3 Å². The first-order valence-electron chi connectivity index (χ1n) is 17.1. The van der Waals surface area contributed by atoms with Crippen molar-refractivity contribution in [2.45, 2.75) is 0 Å². The molecule has 1 aliphatic rings. The second-order valence-corrected chi connectivity index (χ2v) is 12.4. The van der Waals surface area contributed by atoms with Crippen molar-refractivity contribution >= 4 is 17.1 Å². The Morgan fingerprint density at radius 2 is 1.19 bits per heavy atom. The predicted octanol–water partition coefficient (Wildman–Crippen LogP) is 11.7. The third-order valence-corrected chi connectivity index (χ3v) is 9.05. The molecule has 9 rings (SSSR count). The van der Waals surface area contributed by atoms with Gasteiger partial charge in [0.05, 0.1) is 11.5 Å². The third kappa shape index (κ3) is 7.47. The Labute approximate surface area is 323 Å².